The van der Waals surface area contributed by atoms with Crippen molar-refractivity contribution in [2.75, 3.05) is 49.1 Å². The first-order valence-corrected chi connectivity index (χ1v) is 9.80. The predicted octanol–water partition coefficient (Wildman–Crippen LogP) is 3.20. The maximum Gasteiger partial charge on any atom is 0.417 e. The molecule has 0 atom stereocenters. The second-order valence-corrected chi connectivity index (χ2v) is 7.41. The third kappa shape index (κ3) is 4.37. The number of anilines is 2. The van der Waals surface area contributed by atoms with E-state index >= 15 is 0 Å². The number of hydrogen-bond acceptors (Lipinski definition) is 4. The van der Waals surface area contributed by atoms with Crippen molar-refractivity contribution < 1.29 is 18.0 Å². The Morgan fingerprint density at radius 2 is 1.76 bits per heavy atom. The molecule has 0 N–H and O–H groups in total. The molecule has 1 saturated heterocycles. The van der Waals surface area contributed by atoms with Gasteiger partial charge in [0.1, 0.15) is 5.82 Å². The van der Waals surface area contributed by atoms with E-state index in [0.29, 0.717) is 31.9 Å². The molecule has 0 spiro atoms. The maximum atomic E-state index is 12.7. The fourth-order valence-electron chi connectivity index (χ4n) is 3.93. The van der Waals surface area contributed by atoms with Crippen molar-refractivity contribution in [3.63, 3.8) is 0 Å². The van der Waals surface area contributed by atoms with Crippen molar-refractivity contribution in [3.8, 4) is 0 Å². The minimum absolute atomic E-state index is 0.141. The quantitative estimate of drug-likeness (QED) is 0.785. The van der Waals surface area contributed by atoms with Crippen LogP contribution in [0.5, 0.6) is 0 Å². The SMILES string of the molecule is O=C(CCN1CCN(c2ccc(C(F)(F)F)cn2)CC1)N1CCc2ccccc21. The van der Waals surface area contributed by atoms with Gasteiger partial charge >= 0.3 is 6.18 Å². The van der Waals surface area contributed by atoms with E-state index in [4.69, 9.17) is 0 Å². The van der Waals surface area contributed by atoms with Crippen molar-refractivity contribution in [3.05, 3.63) is 53.7 Å². The van der Waals surface area contributed by atoms with Gasteiger partial charge in [-0.3, -0.25) is 9.69 Å². The highest BCUT2D eigenvalue weighted by atomic mass is 19.4. The molecule has 0 bridgehead atoms. The van der Waals surface area contributed by atoms with Crippen LogP contribution in [0.2, 0.25) is 0 Å². The lowest BCUT2D eigenvalue weighted by atomic mass is 10.2. The number of carbonyl (C=O) groups is 1. The van der Waals surface area contributed by atoms with E-state index in [-0.39, 0.29) is 5.91 Å². The molecule has 1 fully saturated rings. The molecule has 29 heavy (non-hydrogen) atoms. The first-order chi connectivity index (χ1) is 13.9. The second-order valence-electron chi connectivity index (χ2n) is 7.41. The lowest BCUT2D eigenvalue weighted by Gasteiger charge is -2.35. The number of nitrogens with zero attached hydrogens (tertiary/aromatic N) is 4. The third-order valence-electron chi connectivity index (χ3n) is 5.60. The summed E-state index contributed by atoms with van der Waals surface area (Å²) in [5.74, 6) is 0.698. The maximum absolute atomic E-state index is 12.7. The molecule has 1 aromatic carbocycles. The van der Waals surface area contributed by atoms with Gasteiger partial charge in [0.05, 0.1) is 5.56 Å². The number of para-hydroxylation sites is 1. The number of amides is 1. The van der Waals surface area contributed by atoms with Crippen LogP contribution in [0.25, 0.3) is 0 Å². The standard InChI is InChI=1S/C21H23F3N4O/c22-21(23,24)17-5-6-19(25-15-17)27-13-11-26(12-14-27)9-8-20(29)28-10-7-16-3-1-2-4-18(16)28/h1-6,15H,7-14H2. The van der Waals surface area contributed by atoms with E-state index < -0.39 is 11.7 Å². The number of benzene rings is 1. The van der Waals surface area contributed by atoms with Crippen LogP contribution in [-0.4, -0.2) is 55.1 Å². The largest absolute Gasteiger partial charge is 0.417 e. The van der Waals surface area contributed by atoms with E-state index in [1.54, 1.807) is 0 Å². The second kappa shape index (κ2) is 8.02. The van der Waals surface area contributed by atoms with E-state index in [9.17, 15) is 18.0 Å². The van der Waals surface area contributed by atoms with Crippen LogP contribution in [0.15, 0.2) is 42.6 Å². The molecular weight excluding hydrogens is 381 g/mol. The lowest BCUT2D eigenvalue weighted by molar-refractivity contribution is -0.137. The predicted molar refractivity (Wildman–Crippen MR) is 105 cm³/mol. The molecule has 2 aliphatic rings. The van der Waals surface area contributed by atoms with Crippen LogP contribution in [0.1, 0.15) is 17.5 Å². The summed E-state index contributed by atoms with van der Waals surface area (Å²) in [7, 11) is 0. The van der Waals surface area contributed by atoms with Crippen molar-refractivity contribution >= 4 is 17.4 Å². The highest BCUT2D eigenvalue weighted by molar-refractivity contribution is 5.95. The summed E-state index contributed by atoms with van der Waals surface area (Å²) < 4.78 is 38.0. The van der Waals surface area contributed by atoms with Crippen molar-refractivity contribution in [1.82, 2.24) is 9.88 Å². The van der Waals surface area contributed by atoms with Gasteiger partial charge in [0.2, 0.25) is 5.91 Å². The highest BCUT2D eigenvalue weighted by Crippen LogP contribution is 2.30. The number of halogens is 3. The van der Waals surface area contributed by atoms with Gasteiger partial charge in [-0.1, -0.05) is 18.2 Å². The van der Waals surface area contributed by atoms with Gasteiger partial charge in [-0.05, 0) is 30.2 Å². The van der Waals surface area contributed by atoms with Crippen LogP contribution >= 0.6 is 0 Å². The number of alkyl halides is 3. The van der Waals surface area contributed by atoms with Crippen LogP contribution in [0.3, 0.4) is 0 Å². The van der Waals surface area contributed by atoms with Crippen LogP contribution in [-0.2, 0) is 17.4 Å². The van der Waals surface area contributed by atoms with Gasteiger partial charge in [-0.15, -0.1) is 0 Å². The molecule has 0 unspecified atom stereocenters. The third-order valence-corrected chi connectivity index (χ3v) is 5.60. The monoisotopic (exact) mass is 404 g/mol. The molecule has 0 saturated carbocycles. The normalized spacial score (nSPS) is 17.5. The van der Waals surface area contributed by atoms with Gasteiger partial charge in [-0.2, -0.15) is 13.2 Å². The molecule has 0 aliphatic carbocycles. The zero-order valence-corrected chi connectivity index (χ0v) is 16.0. The van der Waals surface area contributed by atoms with E-state index in [1.807, 2.05) is 28.0 Å². The van der Waals surface area contributed by atoms with Gasteiger partial charge < -0.3 is 9.80 Å². The Bertz CT molecular complexity index is 861. The molecule has 1 aromatic heterocycles. The Morgan fingerprint density at radius 1 is 1.00 bits per heavy atom. The minimum atomic E-state index is -4.37. The number of carbonyl (C=O) groups excluding carboxylic acids is 1. The summed E-state index contributed by atoms with van der Waals surface area (Å²) in [4.78, 5) is 22.7. The Kier molecular flexibility index (Phi) is 5.45. The van der Waals surface area contributed by atoms with Gasteiger partial charge in [-0.25, -0.2) is 4.98 Å². The summed E-state index contributed by atoms with van der Waals surface area (Å²) in [5, 5.41) is 0. The zero-order chi connectivity index (χ0) is 20.4. The first-order valence-electron chi connectivity index (χ1n) is 9.80. The van der Waals surface area contributed by atoms with Gasteiger partial charge in [0.25, 0.3) is 0 Å². The Balaban J connectivity index is 1.26. The number of piperazine rings is 1. The number of pyridine rings is 1. The molecule has 0 radical (unpaired) electrons. The number of rotatable bonds is 4. The average Bonchev–Trinajstić information content (AvgIpc) is 3.16. The van der Waals surface area contributed by atoms with Crippen LogP contribution in [0.4, 0.5) is 24.7 Å². The summed E-state index contributed by atoms with van der Waals surface area (Å²) in [5.41, 5.74) is 1.51. The molecule has 2 aromatic rings. The number of hydrogen-bond donors (Lipinski definition) is 0. The fourth-order valence-corrected chi connectivity index (χ4v) is 3.93. The minimum Gasteiger partial charge on any atom is -0.354 e. The Labute approximate surface area is 167 Å². The Hall–Kier alpha value is -2.61. The average molecular weight is 404 g/mol. The highest BCUT2D eigenvalue weighted by Gasteiger charge is 2.31. The molecule has 8 heteroatoms. The van der Waals surface area contributed by atoms with E-state index in [2.05, 4.69) is 16.0 Å². The van der Waals surface area contributed by atoms with Crippen LogP contribution < -0.4 is 9.80 Å². The van der Waals surface area contributed by atoms with Gasteiger partial charge in [0, 0.05) is 57.6 Å². The number of aromatic nitrogens is 1. The first kappa shape index (κ1) is 19.7. The number of fused-ring (bicyclic) bond motifs is 1. The summed E-state index contributed by atoms with van der Waals surface area (Å²) in [6, 6.07) is 10.5. The van der Waals surface area contributed by atoms with E-state index in [0.717, 1.165) is 44.0 Å². The molecule has 3 heterocycles. The van der Waals surface area contributed by atoms with Crippen molar-refractivity contribution in [1.29, 1.82) is 0 Å². The van der Waals surface area contributed by atoms with E-state index in [1.165, 1.54) is 11.6 Å². The topological polar surface area (TPSA) is 39.7 Å². The summed E-state index contributed by atoms with van der Waals surface area (Å²) in [6.07, 6.45) is -2.12. The Morgan fingerprint density at radius 3 is 2.45 bits per heavy atom. The van der Waals surface area contributed by atoms with Crippen molar-refractivity contribution in [2.45, 2.75) is 19.0 Å². The zero-order valence-electron chi connectivity index (χ0n) is 16.0. The molecule has 2 aliphatic heterocycles. The summed E-state index contributed by atoms with van der Waals surface area (Å²) in [6.45, 7) is 4.30. The molecule has 5 nitrogen and oxygen atoms in total. The molecule has 154 valence electrons. The van der Waals surface area contributed by atoms with Crippen LogP contribution in [0, 0.1) is 0 Å². The fraction of sp³-hybridized carbons (Fsp3) is 0.429. The molecule has 4 rings (SSSR count). The molecule has 1 amide bonds. The summed E-state index contributed by atoms with van der Waals surface area (Å²) >= 11 is 0. The van der Waals surface area contributed by atoms with Gasteiger partial charge in [0.15, 0.2) is 0 Å². The van der Waals surface area contributed by atoms with Crippen molar-refractivity contribution in [2.24, 2.45) is 0 Å². The smallest absolute Gasteiger partial charge is 0.354 e. The molecular formula is C21H23F3N4O. The lowest BCUT2D eigenvalue weighted by Crippen LogP contribution is -2.47.